The molecule has 0 aliphatic rings. The van der Waals surface area contributed by atoms with Crippen LogP contribution in [0.15, 0.2) is 12.2 Å². The minimum Gasteiger partial charge on any atom is -0.195 e. The second kappa shape index (κ2) is 4.92. The highest BCUT2D eigenvalue weighted by atomic mass is 32.3. The van der Waals surface area contributed by atoms with Crippen molar-refractivity contribution in [2.45, 2.75) is 0 Å². The highest BCUT2D eigenvalue weighted by molar-refractivity contribution is 7.87. The van der Waals surface area contributed by atoms with Gasteiger partial charge in [-0.3, -0.25) is 0 Å². The summed E-state index contributed by atoms with van der Waals surface area (Å²) in [6.07, 6.45) is -2.53. The van der Waals surface area contributed by atoms with E-state index in [-0.39, 0.29) is 6.08 Å². The van der Waals surface area contributed by atoms with Crippen molar-refractivity contribution in [1.29, 1.82) is 0 Å². The lowest BCUT2D eigenvalue weighted by atomic mass is 10.2. The molecule has 0 rings (SSSR count). The van der Waals surface area contributed by atoms with Gasteiger partial charge in [-0.05, 0) is 6.08 Å². The minimum absolute atomic E-state index is 0.117. The maximum Gasteiger partial charge on any atom is 0.303 e. The van der Waals surface area contributed by atoms with Crippen molar-refractivity contribution >= 4 is 20.4 Å². The first-order chi connectivity index (χ1) is 6.49. The Morgan fingerprint density at radius 3 is 1.53 bits per heavy atom. The molecule has 0 amide bonds. The molecular formula is C5H6F4O4S2. The average Bonchev–Trinajstić information content (AvgIpc) is 1.73. The summed E-state index contributed by atoms with van der Waals surface area (Å²) in [4.78, 5) is 0. The molecule has 15 heavy (non-hydrogen) atoms. The van der Waals surface area contributed by atoms with Crippen molar-refractivity contribution in [3.63, 3.8) is 0 Å². The monoisotopic (exact) mass is 270 g/mol. The molecule has 4 nitrogen and oxygen atoms in total. The molecule has 0 aliphatic carbocycles. The molecular weight excluding hydrogens is 264 g/mol. The maximum absolute atomic E-state index is 12.0. The Labute approximate surface area is 84.0 Å². The Balaban J connectivity index is 4.84. The van der Waals surface area contributed by atoms with Gasteiger partial charge in [-0.15, -0.1) is 7.77 Å². The molecule has 0 spiro atoms. The fraction of sp³-hybridized carbons (Fsp3) is 0.600. The lowest BCUT2D eigenvalue weighted by molar-refractivity contribution is 0.412. The first-order valence-electron chi connectivity index (χ1n) is 3.37. The summed E-state index contributed by atoms with van der Waals surface area (Å²) in [6.45, 7) is 0. The predicted molar refractivity (Wildman–Crippen MR) is 43.6 cm³/mol. The van der Waals surface area contributed by atoms with Gasteiger partial charge >= 0.3 is 20.4 Å². The second-order valence-electron chi connectivity index (χ2n) is 2.63. The topological polar surface area (TPSA) is 68.3 Å². The third-order valence-corrected chi connectivity index (χ3v) is 2.84. The van der Waals surface area contributed by atoms with E-state index in [4.69, 9.17) is 0 Å². The lowest BCUT2D eigenvalue weighted by Crippen LogP contribution is -2.18. The molecule has 0 radical (unpaired) electrons. The van der Waals surface area contributed by atoms with Gasteiger partial charge < -0.3 is 0 Å². The normalized spacial score (nSPS) is 12.9. The lowest BCUT2D eigenvalue weighted by Gasteiger charge is -2.05. The molecule has 0 saturated heterocycles. The van der Waals surface area contributed by atoms with Crippen LogP contribution < -0.4 is 0 Å². The fourth-order valence-corrected chi connectivity index (χ4v) is 2.43. The molecule has 10 heteroatoms. The predicted octanol–water partition coefficient (Wildman–Crippen LogP) is 0.982. The molecule has 0 unspecified atom stereocenters. The summed E-state index contributed by atoms with van der Waals surface area (Å²) >= 11 is 0. The summed E-state index contributed by atoms with van der Waals surface area (Å²) in [6, 6.07) is 0. The SMILES string of the molecule is O=S(=O)(F)CC(C=C(F)F)CS(=O)(=O)F. The Bertz CT molecular complexity index is 400. The summed E-state index contributed by atoms with van der Waals surface area (Å²) in [5.41, 5.74) is 0. The van der Waals surface area contributed by atoms with E-state index in [0.717, 1.165) is 0 Å². The zero-order chi connectivity index (χ0) is 12.3. The second-order valence-corrected chi connectivity index (χ2v) is 5.45. The van der Waals surface area contributed by atoms with E-state index < -0.39 is 44.0 Å². The van der Waals surface area contributed by atoms with Gasteiger partial charge in [0.05, 0.1) is 11.5 Å². The van der Waals surface area contributed by atoms with Gasteiger partial charge in [0, 0.05) is 5.92 Å². The van der Waals surface area contributed by atoms with Gasteiger partial charge in [0.15, 0.2) is 0 Å². The van der Waals surface area contributed by atoms with Crippen molar-refractivity contribution < 1.29 is 33.4 Å². The van der Waals surface area contributed by atoms with Gasteiger partial charge in [-0.2, -0.15) is 25.6 Å². The maximum atomic E-state index is 12.0. The van der Waals surface area contributed by atoms with Crippen molar-refractivity contribution in [3.05, 3.63) is 12.2 Å². The van der Waals surface area contributed by atoms with Gasteiger partial charge in [0.25, 0.3) is 6.08 Å². The molecule has 0 aliphatic heterocycles. The molecule has 0 aromatic carbocycles. The number of allylic oxidation sites excluding steroid dienone is 1. The summed E-state index contributed by atoms with van der Waals surface area (Å²) in [5.74, 6) is -4.96. The summed E-state index contributed by atoms with van der Waals surface area (Å²) in [5, 5.41) is 0. The smallest absolute Gasteiger partial charge is 0.195 e. The van der Waals surface area contributed by atoms with E-state index in [2.05, 4.69) is 0 Å². The Morgan fingerprint density at radius 2 is 1.33 bits per heavy atom. The van der Waals surface area contributed by atoms with Crippen LogP contribution in [0, 0.1) is 5.92 Å². The Hall–Kier alpha value is -0.640. The molecule has 0 bridgehead atoms. The number of rotatable bonds is 5. The van der Waals surface area contributed by atoms with E-state index in [1.165, 1.54) is 0 Å². The van der Waals surface area contributed by atoms with E-state index in [1.54, 1.807) is 0 Å². The van der Waals surface area contributed by atoms with Crippen molar-refractivity contribution in [3.8, 4) is 0 Å². The van der Waals surface area contributed by atoms with Gasteiger partial charge in [-0.25, -0.2) is 0 Å². The first-order valence-corrected chi connectivity index (χ1v) is 6.47. The van der Waals surface area contributed by atoms with Gasteiger partial charge in [0.1, 0.15) is 0 Å². The molecule has 0 fully saturated rings. The minimum atomic E-state index is -5.15. The largest absolute Gasteiger partial charge is 0.303 e. The molecule has 0 saturated carbocycles. The quantitative estimate of drug-likeness (QED) is 0.551. The average molecular weight is 270 g/mol. The van der Waals surface area contributed by atoms with Crippen LogP contribution in [-0.2, 0) is 20.4 Å². The van der Waals surface area contributed by atoms with Crippen molar-refractivity contribution in [2.75, 3.05) is 11.5 Å². The van der Waals surface area contributed by atoms with E-state index >= 15 is 0 Å². The zero-order valence-electron chi connectivity index (χ0n) is 7.03. The first kappa shape index (κ1) is 14.4. The van der Waals surface area contributed by atoms with Gasteiger partial charge in [0.2, 0.25) is 0 Å². The fourth-order valence-electron chi connectivity index (χ4n) is 0.834. The molecule has 0 N–H and O–H groups in total. The molecule has 90 valence electrons. The molecule has 0 aromatic rings. The highest BCUT2D eigenvalue weighted by Gasteiger charge is 2.23. The van der Waals surface area contributed by atoms with E-state index in [1.807, 2.05) is 0 Å². The summed E-state index contributed by atoms with van der Waals surface area (Å²) in [7, 11) is -10.3. The van der Waals surface area contributed by atoms with Crippen LogP contribution in [0.1, 0.15) is 0 Å². The third-order valence-electron chi connectivity index (χ3n) is 1.19. The Morgan fingerprint density at radius 1 is 1.00 bits per heavy atom. The Kier molecular flexibility index (Phi) is 4.71. The van der Waals surface area contributed by atoms with Crippen LogP contribution in [0.25, 0.3) is 0 Å². The molecule has 0 atom stereocenters. The van der Waals surface area contributed by atoms with E-state index in [9.17, 15) is 33.4 Å². The van der Waals surface area contributed by atoms with Crippen LogP contribution in [0.4, 0.5) is 16.6 Å². The van der Waals surface area contributed by atoms with Gasteiger partial charge in [-0.1, -0.05) is 0 Å². The van der Waals surface area contributed by atoms with Crippen molar-refractivity contribution in [1.82, 2.24) is 0 Å². The van der Waals surface area contributed by atoms with E-state index in [0.29, 0.717) is 0 Å². The highest BCUT2D eigenvalue weighted by Crippen LogP contribution is 2.13. The van der Waals surface area contributed by atoms with Crippen LogP contribution in [0.2, 0.25) is 0 Å². The summed E-state index contributed by atoms with van der Waals surface area (Å²) < 4.78 is 87.6. The number of halogens is 4. The van der Waals surface area contributed by atoms with Crippen LogP contribution >= 0.6 is 0 Å². The van der Waals surface area contributed by atoms with Crippen LogP contribution in [0.5, 0.6) is 0 Å². The number of hydrogen-bond acceptors (Lipinski definition) is 4. The molecule has 0 aromatic heterocycles. The van der Waals surface area contributed by atoms with Crippen LogP contribution in [0.3, 0.4) is 0 Å². The third kappa shape index (κ3) is 9.66. The van der Waals surface area contributed by atoms with Crippen LogP contribution in [-0.4, -0.2) is 28.3 Å². The molecule has 0 heterocycles. The number of hydrogen-bond donors (Lipinski definition) is 0. The van der Waals surface area contributed by atoms with Crippen molar-refractivity contribution in [2.24, 2.45) is 5.92 Å². The standard InChI is InChI=1S/C5H6F4O4S2/c6-5(7)1-4(2-14(8,10)11)3-15(9,12)13/h1,4H,2-3H2. The zero-order valence-corrected chi connectivity index (χ0v) is 8.66.